The van der Waals surface area contributed by atoms with Crippen LogP contribution in [-0.4, -0.2) is 40.5 Å². The smallest absolute Gasteiger partial charge is 0.0875 e. The molecular formula is C12H21N3OS. The molecule has 2 heterocycles. The summed E-state index contributed by atoms with van der Waals surface area (Å²) in [5, 5.41) is 7.88. The van der Waals surface area contributed by atoms with E-state index in [4.69, 9.17) is 4.74 Å². The first kappa shape index (κ1) is 12.9. The molecule has 0 amide bonds. The monoisotopic (exact) mass is 255 g/mol. The minimum absolute atomic E-state index is 0.259. The summed E-state index contributed by atoms with van der Waals surface area (Å²) in [4.78, 5) is 0. The van der Waals surface area contributed by atoms with Gasteiger partial charge in [0.2, 0.25) is 0 Å². The maximum atomic E-state index is 5.89. The maximum absolute atomic E-state index is 5.89. The highest BCUT2D eigenvalue weighted by molar-refractivity contribution is 7.99. The average Bonchev–Trinajstić information content (AvgIpc) is 2.85. The molecule has 2 rings (SSSR count). The zero-order chi connectivity index (χ0) is 12.1. The molecule has 1 aromatic rings. The molecule has 1 aromatic heterocycles. The van der Waals surface area contributed by atoms with Crippen LogP contribution in [0.5, 0.6) is 0 Å². The molecule has 0 spiro atoms. The summed E-state index contributed by atoms with van der Waals surface area (Å²) in [5.41, 5.74) is 1.24. The number of aromatic nitrogens is 2. The van der Waals surface area contributed by atoms with Crippen molar-refractivity contribution < 1.29 is 4.74 Å². The molecule has 5 heteroatoms. The molecule has 0 saturated carbocycles. The molecule has 0 aliphatic carbocycles. The van der Waals surface area contributed by atoms with Crippen molar-refractivity contribution in [2.75, 3.05) is 24.7 Å². The number of nitrogens with zero attached hydrogens (tertiary/aromatic N) is 2. The Hall–Kier alpha value is -0.520. The molecule has 2 atom stereocenters. The topological polar surface area (TPSA) is 39.1 Å². The third kappa shape index (κ3) is 3.03. The summed E-state index contributed by atoms with van der Waals surface area (Å²) in [6.07, 6.45) is 2.13. The first-order chi connectivity index (χ1) is 8.36. The number of ether oxygens (including phenoxy) is 1. The second-order valence-corrected chi connectivity index (χ2v) is 5.24. The van der Waals surface area contributed by atoms with Crippen molar-refractivity contribution >= 4 is 11.8 Å². The summed E-state index contributed by atoms with van der Waals surface area (Å²) >= 11 is 1.97. The maximum Gasteiger partial charge on any atom is 0.0875 e. The van der Waals surface area contributed by atoms with E-state index < -0.39 is 0 Å². The molecule has 0 radical (unpaired) electrons. The second kappa shape index (κ2) is 6.42. The number of hydrogen-bond donors (Lipinski definition) is 1. The molecule has 0 aromatic carbocycles. The fourth-order valence-electron chi connectivity index (χ4n) is 2.22. The van der Waals surface area contributed by atoms with Gasteiger partial charge in [-0.05, 0) is 19.5 Å². The van der Waals surface area contributed by atoms with E-state index in [1.54, 1.807) is 0 Å². The minimum atomic E-state index is 0.259. The Labute approximate surface area is 107 Å². The van der Waals surface area contributed by atoms with E-state index in [0.717, 1.165) is 31.2 Å². The molecule has 4 nitrogen and oxygen atoms in total. The summed E-state index contributed by atoms with van der Waals surface area (Å²) in [7, 11) is 0. The standard InChI is InChI=1S/C12H21N3OS/c1-3-13-12(11-9-17-8-7-16-11)10-5-6-14-15(10)4-2/h5-6,11-13H,3-4,7-9H2,1-2H3. The Morgan fingerprint density at radius 1 is 1.65 bits per heavy atom. The number of thioether (sulfide) groups is 1. The molecule has 17 heavy (non-hydrogen) atoms. The van der Waals surface area contributed by atoms with Gasteiger partial charge in [-0.2, -0.15) is 16.9 Å². The third-order valence-corrected chi connectivity index (χ3v) is 4.02. The van der Waals surface area contributed by atoms with Crippen LogP contribution in [0.3, 0.4) is 0 Å². The van der Waals surface area contributed by atoms with Crippen molar-refractivity contribution in [2.24, 2.45) is 0 Å². The van der Waals surface area contributed by atoms with Crippen LogP contribution in [0.15, 0.2) is 12.3 Å². The van der Waals surface area contributed by atoms with Gasteiger partial charge in [0.25, 0.3) is 0 Å². The quantitative estimate of drug-likeness (QED) is 0.869. The summed E-state index contributed by atoms with van der Waals surface area (Å²) < 4.78 is 7.94. The minimum Gasteiger partial charge on any atom is -0.374 e. The van der Waals surface area contributed by atoms with E-state index in [2.05, 4.69) is 35.0 Å². The normalized spacial score (nSPS) is 22.6. The Morgan fingerprint density at radius 2 is 2.53 bits per heavy atom. The zero-order valence-corrected chi connectivity index (χ0v) is 11.4. The molecule has 1 aliphatic heterocycles. The van der Waals surface area contributed by atoms with Crippen molar-refractivity contribution in [3.63, 3.8) is 0 Å². The molecule has 1 saturated heterocycles. The van der Waals surface area contributed by atoms with Crippen LogP contribution in [-0.2, 0) is 11.3 Å². The summed E-state index contributed by atoms with van der Waals surface area (Å²) in [6.45, 7) is 6.97. The Morgan fingerprint density at radius 3 is 3.18 bits per heavy atom. The molecular weight excluding hydrogens is 234 g/mol. The van der Waals surface area contributed by atoms with Gasteiger partial charge in [0.1, 0.15) is 0 Å². The van der Waals surface area contributed by atoms with E-state index in [1.807, 2.05) is 18.0 Å². The molecule has 2 unspecified atom stereocenters. The summed E-state index contributed by atoms with van der Waals surface area (Å²) in [5.74, 6) is 2.18. The predicted molar refractivity (Wildman–Crippen MR) is 71.4 cm³/mol. The molecule has 1 fully saturated rings. The van der Waals surface area contributed by atoms with Crippen LogP contribution in [0.4, 0.5) is 0 Å². The van der Waals surface area contributed by atoms with Gasteiger partial charge < -0.3 is 10.1 Å². The van der Waals surface area contributed by atoms with Gasteiger partial charge in [-0.25, -0.2) is 0 Å². The van der Waals surface area contributed by atoms with E-state index in [-0.39, 0.29) is 12.1 Å². The Kier molecular flexibility index (Phi) is 4.88. The molecule has 0 bridgehead atoms. The lowest BCUT2D eigenvalue weighted by molar-refractivity contribution is 0.0449. The summed E-state index contributed by atoms with van der Waals surface area (Å²) in [6, 6.07) is 2.36. The van der Waals surface area contributed by atoms with Gasteiger partial charge in [0.05, 0.1) is 24.4 Å². The lowest BCUT2D eigenvalue weighted by Gasteiger charge is -2.31. The van der Waals surface area contributed by atoms with Crippen LogP contribution in [0.2, 0.25) is 0 Å². The highest BCUT2D eigenvalue weighted by atomic mass is 32.2. The van der Waals surface area contributed by atoms with Gasteiger partial charge >= 0.3 is 0 Å². The Balaban J connectivity index is 2.15. The van der Waals surface area contributed by atoms with Gasteiger partial charge in [0.15, 0.2) is 0 Å². The SMILES string of the molecule is CCNC(c1ccnn1CC)C1CSCCO1. The van der Waals surface area contributed by atoms with Crippen LogP contribution in [0.1, 0.15) is 25.6 Å². The third-order valence-electron chi connectivity index (χ3n) is 3.01. The van der Waals surface area contributed by atoms with Crippen molar-refractivity contribution in [2.45, 2.75) is 32.5 Å². The zero-order valence-electron chi connectivity index (χ0n) is 10.6. The van der Waals surface area contributed by atoms with Crippen LogP contribution < -0.4 is 5.32 Å². The lowest BCUT2D eigenvalue weighted by Crippen LogP contribution is -2.39. The predicted octanol–water partition coefficient (Wildman–Crippen LogP) is 1.69. The van der Waals surface area contributed by atoms with Gasteiger partial charge in [-0.3, -0.25) is 4.68 Å². The number of likely N-dealkylation sites (N-methyl/N-ethyl adjacent to an activating group) is 1. The molecule has 1 aliphatic rings. The highest BCUT2D eigenvalue weighted by Crippen LogP contribution is 2.25. The van der Waals surface area contributed by atoms with Crippen molar-refractivity contribution in [1.82, 2.24) is 15.1 Å². The Bertz CT molecular complexity index is 336. The fraction of sp³-hybridized carbons (Fsp3) is 0.750. The van der Waals surface area contributed by atoms with Gasteiger partial charge in [-0.15, -0.1) is 0 Å². The molecule has 96 valence electrons. The lowest BCUT2D eigenvalue weighted by atomic mass is 10.1. The van der Waals surface area contributed by atoms with Crippen LogP contribution >= 0.6 is 11.8 Å². The van der Waals surface area contributed by atoms with Crippen molar-refractivity contribution in [3.05, 3.63) is 18.0 Å². The van der Waals surface area contributed by atoms with Gasteiger partial charge in [-0.1, -0.05) is 6.92 Å². The van der Waals surface area contributed by atoms with Crippen molar-refractivity contribution in [3.8, 4) is 0 Å². The van der Waals surface area contributed by atoms with Crippen molar-refractivity contribution in [1.29, 1.82) is 0 Å². The van der Waals surface area contributed by atoms with Crippen LogP contribution in [0, 0.1) is 0 Å². The van der Waals surface area contributed by atoms with E-state index in [1.165, 1.54) is 5.69 Å². The largest absolute Gasteiger partial charge is 0.374 e. The highest BCUT2D eigenvalue weighted by Gasteiger charge is 2.27. The first-order valence-corrected chi connectivity index (χ1v) is 7.46. The van der Waals surface area contributed by atoms with E-state index in [0.29, 0.717) is 0 Å². The first-order valence-electron chi connectivity index (χ1n) is 6.31. The van der Waals surface area contributed by atoms with E-state index in [9.17, 15) is 0 Å². The van der Waals surface area contributed by atoms with E-state index >= 15 is 0 Å². The van der Waals surface area contributed by atoms with Gasteiger partial charge in [0, 0.05) is 24.2 Å². The average molecular weight is 255 g/mol. The number of hydrogen-bond acceptors (Lipinski definition) is 4. The number of aryl methyl sites for hydroxylation is 1. The number of rotatable bonds is 5. The fourth-order valence-corrected chi connectivity index (χ4v) is 3.12. The second-order valence-electron chi connectivity index (χ2n) is 4.09. The number of nitrogens with one attached hydrogen (secondary N) is 1. The van der Waals surface area contributed by atoms with Crippen LogP contribution in [0.25, 0.3) is 0 Å². The molecule has 1 N–H and O–H groups in total.